The van der Waals surface area contributed by atoms with Crippen molar-refractivity contribution >= 4 is 46.4 Å². The molecule has 1 atom stereocenters. The molecule has 0 aliphatic carbocycles. The summed E-state index contributed by atoms with van der Waals surface area (Å²) in [6, 6.07) is 11.0. The van der Waals surface area contributed by atoms with Crippen molar-refractivity contribution in [1.29, 1.82) is 0 Å². The standard InChI is InChI=1S/C14H10Cl4/c1-8-2-4-10(13(17)6-8)14(18)11-7-9(15)3-5-12(11)16/h2-7,14H,1H3. The van der Waals surface area contributed by atoms with E-state index in [0.717, 1.165) is 16.7 Å². The lowest BCUT2D eigenvalue weighted by atomic mass is 10.0. The highest BCUT2D eigenvalue weighted by Gasteiger charge is 2.17. The lowest BCUT2D eigenvalue weighted by molar-refractivity contribution is 1.14. The molecular weight excluding hydrogens is 310 g/mol. The lowest BCUT2D eigenvalue weighted by Crippen LogP contribution is -1.96. The molecule has 0 bridgehead atoms. The molecule has 0 fully saturated rings. The van der Waals surface area contributed by atoms with Crippen molar-refractivity contribution in [2.75, 3.05) is 0 Å². The number of rotatable bonds is 2. The first-order valence-corrected chi connectivity index (χ1v) is 6.91. The van der Waals surface area contributed by atoms with Gasteiger partial charge in [-0.3, -0.25) is 0 Å². The van der Waals surface area contributed by atoms with Gasteiger partial charge in [-0.25, -0.2) is 0 Å². The number of hydrogen-bond donors (Lipinski definition) is 0. The molecule has 0 aliphatic heterocycles. The largest absolute Gasteiger partial charge is 0.112 e. The summed E-state index contributed by atoms with van der Waals surface area (Å²) in [6.07, 6.45) is 0. The van der Waals surface area contributed by atoms with Crippen molar-refractivity contribution in [1.82, 2.24) is 0 Å². The summed E-state index contributed by atoms with van der Waals surface area (Å²) in [5.41, 5.74) is 2.68. The predicted molar refractivity (Wildman–Crippen MR) is 80.3 cm³/mol. The minimum absolute atomic E-state index is 0.413. The molecule has 0 saturated carbocycles. The van der Waals surface area contributed by atoms with E-state index >= 15 is 0 Å². The zero-order chi connectivity index (χ0) is 13.3. The lowest BCUT2D eigenvalue weighted by Gasteiger charge is -2.14. The van der Waals surface area contributed by atoms with Gasteiger partial charge in [-0.15, -0.1) is 11.6 Å². The van der Waals surface area contributed by atoms with E-state index in [2.05, 4.69) is 0 Å². The molecule has 0 nitrogen and oxygen atoms in total. The highest BCUT2D eigenvalue weighted by Crippen LogP contribution is 2.38. The van der Waals surface area contributed by atoms with Crippen LogP contribution in [0.15, 0.2) is 36.4 Å². The molecule has 0 aromatic heterocycles. The van der Waals surface area contributed by atoms with E-state index in [-0.39, 0.29) is 0 Å². The SMILES string of the molecule is Cc1ccc(C(Cl)c2cc(Cl)ccc2Cl)c(Cl)c1. The second-order valence-corrected chi connectivity index (χ2v) is 5.74. The van der Waals surface area contributed by atoms with Crippen LogP contribution in [0, 0.1) is 6.92 Å². The Morgan fingerprint density at radius 3 is 2.22 bits per heavy atom. The zero-order valence-electron chi connectivity index (χ0n) is 9.55. The molecule has 0 amide bonds. The molecule has 0 aliphatic rings. The topological polar surface area (TPSA) is 0 Å². The van der Waals surface area contributed by atoms with Crippen LogP contribution in [-0.4, -0.2) is 0 Å². The average Bonchev–Trinajstić information content (AvgIpc) is 2.31. The van der Waals surface area contributed by atoms with E-state index in [1.54, 1.807) is 18.2 Å². The van der Waals surface area contributed by atoms with Crippen LogP contribution in [0.2, 0.25) is 15.1 Å². The molecule has 2 aromatic carbocycles. The van der Waals surface area contributed by atoms with Gasteiger partial charge in [0.1, 0.15) is 0 Å². The molecule has 0 N–H and O–H groups in total. The number of aryl methyl sites for hydroxylation is 1. The number of benzene rings is 2. The van der Waals surface area contributed by atoms with Gasteiger partial charge >= 0.3 is 0 Å². The molecule has 0 spiro atoms. The minimum Gasteiger partial charge on any atom is -0.112 e. The third-order valence-corrected chi connectivity index (χ3v) is 4.04. The predicted octanol–water partition coefficient (Wildman–Crippen LogP) is 6.28. The van der Waals surface area contributed by atoms with Gasteiger partial charge in [-0.05, 0) is 47.9 Å². The Balaban J connectivity index is 2.47. The van der Waals surface area contributed by atoms with Crippen molar-refractivity contribution in [3.63, 3.8) is 0 Å². The Labute approximate surface area is 126 Å². The van der Waals surface area contributed by atoms with Crippen LogP contribution < -0.4 is 0 Å². The van der Waals surface area contributed by atoms with Gasteiger partial charge in [0.05, 0.1) is 5.38 Å². The van der Waals surface area contributed by atoms with Crippen LogP contribution in [0.3, 0.4) is 0 Å². The Hall–Kier alpha value is -0.400. The van der Waals surface area contributed by atoms with Gasteiger partial charge in [0.25, 0.3) is 0 Å². The second kappa shape index (κ2) is 5.71. The Kier molecular flexibility index (Phi) is 4.45. The van der Waals surface area contributed by atoms with Crippen LogP contribution in [0.5, 0.6) is 0 Å². The first kappa shape index (κ1) is 14.0. The molecule has 0 heterocycles. The number of hydrogen-bond acceptors (Lipinski definition) is 0. The first-order valence-electron chi connectivity index (χ1n) is 5.34. The number of alkyl halides is 1. The van der Waals surface area contributed by atoms with E-state index in [4.69, 9.17) is 46.4 Å². The van der Waals surface area contributed by atoms with Gasteiger partial charge in [0.2, 0.25) is 0 Å². The maximum atomic E-state index is 6.44. The first-order chi connectivity index (χ1) is 8.49. The minimum atomic E-state index is -0.413. The fourth-order valence-electron chi connectivity index (χ4n) is 1.71. The van der Waals surface area contributed by atoms with Gasteiger partial charge in [0.15, 0.2) is 0 Å². The van der Waals surface area contributed by atoms with Crippen molar-refractivity contribution in [2.45, 2.75) is 12.3 Å². The molecule has 94 valence electrons. The summed E-state index contributed by atoms with van der Waals surface area (Å²) in [5.74, 6) is 0. The maximum absolute atomic E-state index is 6.44. The summed E-state index contributed by atoms with van der Waals surface area (Å²) in [6.45, 7) is 1.98. The van der Waals surface area contributed by atoms with E-state index < -0.39 is 5.38 Å². The highest BCUT2D eigenvalue weighted by atomic mass is 35.5. The van der Waals surface area contributed by atoms with Crippen LogP contribution in [-0.2, 0) is 0 Å². The van der Waals surface area contributed by atoms with Crippen molar-refractivity contribution in [3.8, 4) is 0 Å². The summed E-state index contributed by atoms with van der Waals surface area (Å²) in [4.78, 5) is 0. The summed E-state index contributed by atoms with van der Waals surface area (Å²) in [5, 5.41) is 1.40. The highest BCUT2D eigenvalue weighted by molar-refractivity contribution is 6.36. The molecule has 0 radical (unpaired) electrons. The Morgan fingerprint density at radius 1 is 0.833 bits per heavy atom. The Morgan fingerprint density at radius 2 is 1.56 bits per heavy atom. The smallest absolute Gasteiger partial charge is 0.0864 e. The second-order valence-electron chi connectivity index (χ2n) is 4.05. The molecule has 2 aromatic rings. The van der Waals surface area contributed by atoms with Crippen LogP contribution in [0.4, 0.5) is 0 Å². The normalized spacial score (nSPS) is 12.5. The average molecular weight is 320 g/mol. The van der Waals surface area contributed by atoms with Crippen LogP contribution in [0.25, 0.3) is 0 Å². The van der Waals surface area contributed by atoms with Gasteiger partial charge in [-0.1, -0.05) is 46.9 Å². The summed E-state index contributed by atoms with van der Waals surface area (Å²) in [7, 11) is 0. The van der Waals surface area contributed by atoms with Crippen molar-refractivity contribution in [2.24, 2.45) is 0 Å². The van der Waals surface area contributed by atoms with Crippen LogP contribution >= 0.6 is 46.4 Å². The van der Waals surface area contributed by atoms with E-state index in [0.29, 0.717) is 15.1 Å². The Bertz CT molecular complexity index is 578. The van der Waals surface area contributed by atoms with Gasteiger partial charge in [0, 0.05) is 15.1 Å². The van der Waals surface area contributed by atoms with Gasteiger partial charge in [-0.2, -0.15) is 0 Å². The van der Waals surface area contributed by atoms with E-state index in [9.17, 15) is 0 Å². The zero-order valence-corrected chi connectivity index (χ0v) is 12.6. The van der Waals surface area contributed by atoms with Crippen molar-refractivity contribution in [3.05, 3.63) is 68.2 Å². The third kappa shape index (κ3) is 2.95. The van der Waals surface area contributed by atoms with E-state index in [1.807, 2.05) is 25.1 Å². The molecule has 0 saturated heterocycles. The summed E-state index contributed by atoms with van der Waals surface area (Å²) < 4.78 is 0. The van der Waals surface area contributed by atoms with Crippen molar-refractivity contribution < 1.29 is 0 Å². The molecule has 18 heavy (non-hydrogen) atoms. The molecule has 4 heteroatoms. The molecule has 2 rings (SSSR count). The maximum Gasteiger partial charge on any atom is 0.0864 e. The summed E-state index contributed by atoms with van der Waals surface area (Å²) >= 11 is 24.7. The quantitative estimate of drug-likeness (QED) is 0.571. The fourth-order valence-corrected chi connectivity index (χ4v) is 2.95. The third-order valence-electron chi connectivity index (χ3n) is 2.66. The molecular formula is C14H10Cl4. The fraction of sp³-hybridized carbons (Fsp3) is 0.143. The van der Waals surface area contributed by atoms with Crippen LogP contribution in [0.1, 0.15) is 22.1 Å². The monoisotopic (exact) mass is 318 g/mol. The number of halogens is 4. The van der Waals surface area contributed by atoms with E-state index in [1.165, 1.54) is 0 Å². The molecule has 1 unspecified atom stereocenters. The van der Waals surface area contributed by atoms with Gasteiger partial charge < -0.3 is 0 Å².